The summed E-state index contributed by atoms with van der Waals surface area (Å²) in [5, 5.41) is 0. The summed E-state index contributed by atoms with van der Waals surface area (Å²) in [6.07, 6.45) is 4.56. The van der Waals surface area contributed by atoms with E-state index in [1.54, 1.807) is 0 Å². The van der Waals surface area contributed by atoms with Crippen molar-refractivity contribution >= 4 is 61.3 Å². The molecule has 94 valence electrons. The fourth-order valence-electron chi connectivity index (χ4n) is 0. The Morgan fingerprint density at radius 3 is 0.733 bits per heavy atom. The molecule has 0 amide bonds. The Kier molecular flexibility index (Phi) is 339. The minimum absolute atomic E-state index is 0. The molecular weight excluding hydrogens is 685 g/mol. The van der Waals surface area contributed by atoms with Gasteiger partial charge in [-0.2, -0.15) is 13.5 Å². The minimum Gasteiger partial charge on any atom is -1.00 e. The van der Waals surface area contributed by atoms with Crippen molar-refractivity contribution in [1.29, 1.82) is 0 Å². The van der Waals surface area contributed by atoms with Gasteiger partial charge >= 0.3 is 47.8 Å². The maximum atomic E-state index is 3.60. The zero-order valence-electron chi connectivity index (χ0n) is 9.25. The summed E-state index contributed by atoms with van der Waals surface area (Å²) in [5.74, 6) is 0. The summed E-state index contributed by atoms with van der Waals surface area (Å²) in [6.45, 7) is 11.4. The van der Waals surface area contributed by atoms with Gasteiger partial charge in [-0.25, -0.2) is 0 Å². The maximum Gasteiger partial charge on any atom is 2.00 e. The molecule has 0 N–H and O–H groups in total. The third-order valence-corrected chi connectivity index (χ3v) is 0.707. The first-order chi connectivity index (χ1) is 3.83. The van der Waals surface area contributed by atoms with E-state index >= 15 is 0 Å². The van der Waals surface area contributed by atoms with Crippen LogP contribution in [0.2, 0.25) is 0 Å². The summed E-state index contributed by atoms with van der Waals surface area (Å²) < 4.78 is 0. The van der Waals surface area contributed by atoms with Crippen molar-refractivity contribution in [3.8, 4) is 0 Å². The summed E-state index contributed by atoms with van der Waals surface area (Å²) >= 11 is 0. The molecule has 0 aliphatic carbocycles. The van der Waals surface area contributed by atoms with Gasteiger partial charge in [-0.1, -0.05) is 53.4 Å². The van der Waals surface area contributed by atoms with Crippen LogP contribution in [-0.2, 0) is 0 Å². The first-order valence-electron chi connectivity index (χ1n) is 3.41. The Bertz CT molecular complexity index is 32.6. The van der Waals surface area contributed by atoms with Crippen LogP contribution in [-0.4, -0.2) is 47.8 Å². The van der Waals surface area contributed by atoms with E-state index in [9.17, 15) is 0 Å². The van der Waals surface area contributed by atoms with Crippen LogP contribution in [0.5, 0.6) is 0 Å². The van der Waals surface area contributed by atoms with Crippen molar-refractivity contribution in [2.75, 3.05) is 0 Å². The topological polar surface area (TPSA) is 0 Å². The molecule has 0 fully saturated rings. The van der Waals surface area contributed by atoms with Crippen molar-refractivity contribution in [2.45, 2.75) is 39.5 Å². The van der Waals surface area contributed by atoms with E-state index in [-0.39, 0.29) is 129 Å². The van der Waals surface area contributed by atoms with Crippen LogP contribution >= 0.6 is 13.5 Å². The monoisotopic (exact) mass is 704 g/mol. The molecule has 0 spiro atoms. The number of hydrogen-bond acceptors (Lipinski definition) is 0. The maximum absolute atomic E-state index is 3.60. The van der Waals surface area contributed by atoms with Crippen LogP contribution in [0.3, 0.4) is 0 Å². The molecule has 0 saturated carbocycles. The van der Waals surface area contributed by atoms with Crippen LogP contribution in [0, 0.1) is 13.8 Å². The predicted octanol–water partition coefficient (Wildman–Crippen LogP) is -9.39. The van der Waals surface area contributed by atoms with Gasteiger partial charge in [0.2, 0.25) is 0 Å². The first kappa shape index (κ1) is 61.9. The second-order valence-electron chi connectivity index (χ2n) is 1.71. The summed E-state index contributed by atoms with van der Waals surface area (Å²) in [6, 6.07) is 0. The molecule has 7 heteroatoms. The van der Waals surface area contributed by atoms with E-state index < -0.39 is 0 Å². The third-order valence-electron chi connectivity index (χ3n) is 0.707. The fraction of sp³-hybridized carbons (Fsp3) is 0.750. The normalized spacial score (nSPS) is 4.00. The van der Waals surface area contributed by atoms with E-state index in [0.717, 1.165) is 12.8 Å². The number of rotatable bonds is 2. The first-order valence-corrected chi connectivity index (χ1v) is 3.41. The van der Waals surface area contributed by atoms with Crippen LogP contribution in [0.1, 0.15) is 39.5 Å². The second kappa shape index (κ2) is 82.1. The molecule has 15 heavy (non-hydrogen) atoms. The molecule has 0 saturated heterocycles. The quantitative estimate of drug-likeness (QED) is 0.251. The Morgan fingerprint density at radius 2 is 0.733 bits per heavy atom. The molecule has 0 aromatic heterocycles. The summed E-state index contributed by atoms with van der Waals surface area (Å²) in [5.41, 5.74) is 0. The summed E-state index contributed by atoms with van der Waals surface area (Å²) in [7, 11) is 0. The Morgan fingerprint density at radius 1 is 0.667 bits per heavy atom. The third kappa shape index (κ3) is 131. The minimum atomic E-state index is 0. The van der Waals surface area contributed by atoms with Gasteiger partial charge in [0.15, 0.2) is 0 Å². The number of halogens is 4. The SMILES string of the molecule is S.[Br-].[Br-].[Br-].[Br-].[CH2]CCC.[CH2]CCC.[Sn+2].[Sn+2]. The Hall–Kier alpha value is 3.87. The van der Waals surface area contributed by atoms with Crippen molar-refractivity contribution in [2.24, 2.45) is 0 Å². The molecule has 6 radical (unpaired) electrons. The molecule has 0 aliphatic rings. The van der Waals surface area contributed by atoms with E-state index in [1.807, 2.05) is 0 Å². The van der Waals surface area contributed by atoms with E-state index in [2.05, 4.69) is 27.7 Å². The zero-order valence-corrected chi connectivity index (χ0v) is 22.3. The predicted molar refractivity (Wildman–Crippen MR) is 62.4 cm³/mol. The molecule has 0 unspecified atom stereocenters. The van der Waals surface area contributed by atoms with Gasteiger partial charge in [0.05, 0.1) is 0 Å². The van der Waals surface area contributed by atoms with Crippen LogP contribution in [0.15, 0.2) is 0 Å². The van der Waals surface area contributed by atoms with Gasteiger partial charge in [-0.3, -0.25) is 0 Å². The van der Waals surface area contributed by atoms with Crippen LogP contribution in [0.4, 0.5) is 0 Å². The van der Waals surface area contributed by atoms with E-state index in [0.29, 0.717) is 0 Å². The van der Waals surface area contributed by atoms with Crippen molar-refractivity contribution in [1.82, 2.24) is 0 Å². The standard InChI is InChI=1S/2C4H9.4BrH.H2S.2Sn/c2*1-3-4-2;;;;;;;/h2*1,3-4H2,2H3;4*1H;1H2;;/q;;;;;;;2*+2/p-4. The second-order valence-corrected chi connectivity index (χ2v) is 1.71. The Labute approximate surface area is 180 Å². The molecule has 0 aliphatic heterocycles. The van der Waals surface area contributed by atoms with Crippen LogP contribution in [0.25, 0.3) is 0 Å². The van der Waals surface area contributed by atoms with Crippen molar-refractivity contribution in [3.05, 3.63) is 13.8 Å². The van der Waals surface area contributed by atoms with Gasteiger partial charge in [-0.05, 0) is 0 Å². The van der Waals surface area contributed by atoms with E-state index in [4.69, 9.17) is 0 Å². The van der Waals surface area contributed by atoms with Crippen molar-refractivity contribution < 1.29 is 67.9 Å². The molecule has 0 nitrogen and oxygen atoms in total. The molecule has 0 aromatic rings. The smallest absolute Gasteiger partial charge is 1.00 e. The molecule has 0 aromatic carbocycles. The van der Waals surface area contributed by atoms with Crippen LogP contribution < -0.4 is 67.9 Å². The molecule has 0 rings (SSSR count). The zero-order chi connectivity index (χ0) is 6.83. The van der Waals surface area contributed by atoms with E-state index in [1.165, 1.54) is 12.8 Å². The number of unbranched alkanes of at least 4 members (excludes halogenated alkanes) is 2. The van der Waals surface area contributed by atoms with Crippen molar-refractivity contribution in [3.63, 3.8) is 0 Å². The largest absolute Gasteiger partial charge is 2.00 e. The Balaban J connectivity index is -0.00000000468. The molecule has 0 bridgehead atoms. The van der Waals surface area contributed by atoms with Gasteiger partial charge in [0, 0.05) is 0 Å². The van der Waals surface area contributed by atoms with Gasteiger partial charge in [0.1, 0.15) is 0 Å². The van der Waals surface area contributed by atoms with Gasteiger partial charge in [-0.15, -0.1) is 0 Å². The average molecular weight is 705 g/mol. The number of hydrogen-bond donors (Lipinski definition) is 0. The van der Waals surface area contributed by atoms with Gasteiger partial charge < -0.3 is 67.9 Å². The molecular formula is C8H20Br4SSn2. The molecule has 0 atom stereocenters. The average Bonchev–Trinajstić information content (AvgIpc) is 1.88. The summed E-state index contributed by atoms with van der Waals surface area (Å²) in [4.78, 5) is 0. The fourth-order valence-corrected chi connectivity index (χ4v) is 0. The molecule has 0 heterocycles. The van der Waals surface area contributed by atoms with Gasteiger partial charge in [0.25, 0.3) is 0 Å².